The summed E-state index contributed by atoms with van der Waals surface area (Å²) in [7, 11) is 2.99. The number of methoxy groups -OCH3 is 2. The summed E-state index contributed by atoms with van der Waals surface area (Å²) in [5.41, 5.74) is 1.32. The number of aromatic hydroxyl groups is 1. The van der Waals surface area contributed by atoms with Gasteiger partial charge in [0, 0.05) is 12.2 Å². The van der Waals surface area contributed by atoms with Crippen LogP contribution in [0.5, 0.6) is 17.2 Å². The summed E-state index contributed by atoms with van der Waals surface area (Å²) >= 11 is 0. The summed E-state index contributed by atoms with van der Waals surface area (Å²) in [5.74, 6) is -0.435. The minimum absolute atomic E-state index is 0.0621. The van der Waals surface area contributed by atoms with Gasteiger partial charge in [0.15, 0.2) is 17.6 Å². The minimum Gasteiger partial charge on any atom is -0.504 e. The molecule has 2 N–H and O–H groups in total. The number of carbonyl (C=O) groups is 2. The number of rotatable bonds is 10. The molecule has 0 aliphatic heterocycles. The average Bonchev–Trinajstić information content (AvgIpc) is 2.79. The summed E-state index contributed by atoms with van der Waals surface area (Å²) in [6.45, 7) is -0.818. The van der Waals surface area contributed by atoms with E-state index in [1.807, 2.05) is 0 Å². The van der Waals surface area contributed by atoms with Crippen molar-refractivity contribution in [2.45, 2.75) is 6.10 Å². The quantitative estimate of drug-likeness (QED) is 0.439. The number of ether oxygens (including phenoxy) is 4. The normalized spacial score (nSPS) is 12.0. The van der Waals surface area contributed by atoms with Crippen molar-refractivity contribution in [3.05, 3.63) is 65.7 Å². The number of carbonyl (C=O) groups excluding carboxylic acids is 2. The molecular formula is C23H24O8. The second-order valence-electron chi connectivity index (χ2n) is 6.24. The first-order valence-electron chi connectivity index (χ1n) is 9.30. The van der Waals surface area contributed by atoms with Gasteiger partial charge < -0.3 is 29.2 Å². The molecule has 0 aliphatic rings. The molecule has 0 aromatic heterocycles. The molecule has 1 atom stereocenters. The molecular weight excluding hydrogens is 404 g/mol. The largest absolute Gasteiger partial charge is 0.504 e. The summed E-state index contributed by atoms with van der Waals surface area (Å²) in [6, 6.07) is 11.7. The monoisotopic (exact) mass is 428 g/mol. The molecule has 2 aromatic carbocycles. The lowest BCUT2D eigenvalue weighted by atomic mass is 10.2. The fourth-order valence-electron chi connectivity index (χ4n) is 2.40. The van der Waals surface area contributed by atoms with E-state index in [1.165, 1.54) is 25.3 Å². The average molecular weight is 428 g/mol. The van der Waals surface area contributed by atoms with E-state index < -0.39 is 24.6 Å². The Hall–Kier alpha value is -3.78. The molecule has 0 radical (unpaired) electrons. The third-order valence-electron chi connectivity index (χ3n) is 4.04. The van der Waals surface area contributed by atoms with Gasteiger partial charge in [-0.25, -0.2) is 9.59 Å². The van der Waals surface area contributed by atoms with Gasteiger partial charge in [0.1, 0.15) is 12.4 Å². The molecule has 0 bridgehead atoms. The van der Waals surface area contributed by atoms with E-state index >= 15 is 0 Å². The van der Waals surface area contributed by atoms with Gasteiger partial charge in [-0.15, -0.1) is 0 Å². The number of phenolic OH excluding ortho intramolecular Hbond substituents is 1. The summed E-state index contributed by atoms with van der Waals surface area (Å²) in [4.78, 5) is 23.8. The molecule has 31 heavy (non-hydrogen) atoms. The van der Waals surface area contributed by atoms with Crippen LogP contribution in [0.4, 0.5) is 0 Å². The highest BCUT2D eigenvalue weighted by atomic mass is 16.6. The Labute approximate surface area is 179 Å². The van der Waals surface area contributed by atoms with Crippen LogP contribution in [0.1, 0.15) is 11.1 Å². The number of phenols is 1. The molecule has 0 saturated carbocycles. The Balaban J connectivity index is 1.82. The molecule has 0 saturated heterocycles. The van der Waals surface area contributed by atoms with Crippen LogP contribution in [0.25, 0.3) is 12.2 Å². The fourth-order valence-corrected chi connectivity index (χ4v) is 2.40. The van der Waals surface area contributed by atoms with Crippen LogP contribution in [0.15, 0.2) is 54.6 Å². The number of aliphatic hydroxyl groups is 1. The molecule has 2 rings (SSSR count). The van der Waals surface area contributed by atoms with Crippen LogP contribution < -0.4 is 9.47 Å². The van der Waals surface area contributed by atoms with Gasteiger partial charge in [-0.1, -0.05) is 18.2 Å². The highest BCUT2D eigenvalue weighted by Crippen LogP contribution is 2.26. The zero-order valence-electron chi connectivity index (χ0n) is 17.2. The molecule has 0 spiro atoms. The molecule has 0 heterocycles. The predicted octanol–water partition coefficient (Wildman–Crippen LogP) is 2.58. The highest BCUT2D eigenvalue weighted by molar-refractivity contribution is 5.88. The highest BCUT2D eigenvalue weighted by Gasteiger charge is 2.14. The van der Waals surface area contributed by atoms with Gasteiger partial charge in [-0.3, -0.25) is 0 Å². The Morgan fingerprint density at radius 1 is 0.935 bits per heavy atom. The van der Waals surface area contributed by atoms with E-state index in [1.54, 1.807) is 49.6 Å². The number of hydrogen-bond donors (Lipinski definition) is 2. The van der Waals surface area contributed by atoms with E-state index in [4.69, 9.17) is 18.9 Å². The van der Waals surface area contributed by atoms with Crippen LogP contribution in [0.2, 0.25) is 0 Å². The Bertz CT molecular complexity index is 931. The summed E-state index contributed by atoms with van der Waals surface area (Å²) < 4.78 is 20.1. The fraction of sp³-hybridized carbons (Fsp3) is 0.217. The Morgan fingerprint density at radius 2 is 1.58 bits per heavy atom. The van der Waals surface area contributed by atoms with E-state index in [9.17, 15) is 19.8 Å². The minimum atomic E-state index is -1.00. The van der Waals surface area contributed by atoms with Crippen molar-refractivity contribution in [2.24, 2.45) is 0 Å². The topological polar surface area (TPSA) is 112 Å². The first-order valence-corrected chi connectivity index (χ1v) is 9.30. The lowest BCUT2D eigenvalue weighted by Gasteiger charge is -2.13. The van der Waals surface area contributed by atoms with Crippen molar-refractivity contribution in [3.8, 4) is 17.2 Å². The van der Waals surface area contributed by atoms with Crippen molar-refractivity contribution in [3.63, 3.8) is 0 Å². The third-order valence-corrected chi connectivity index (χ3v) is 4.04. The molecule has 8 nitrogen and oxygen atoms in total. The van der Waals surface area contributed by atoms with E-state index in [0.29, 0.717) is 17.1 Å². The molecule has 164 valence electrons. The third kappa shape index (κ3) is 7.87. The van der Waals surface area contributed by atoms with Gasteiger partial charge in [0.05, 0.1) is 20.8 Å². The Kier molecular flexibility index (Phi) is 9.13. The maximum absolute atomic E-state index is 11.9. The number of aliphatic hydroxyl groups excluding tert-OH is 1. The smallest absolute Gasteiger partial charge is 0.331 e. The van der Waals surface area contributed by atoms with Crippen LogP contribution in [-0.2, 0) is 19.1 Å². The Morgan fingerprint density at radius 3 is 2.19 bits per heavy atom. The number of esters is 2. The number of benzene rings is 2. The second kappa shape index (κ2) is 12.0. The van der Waals surface area contributed by atoms with Crippen LogP contribution in [0.3, 0.4) is 0 Å². The van der Waals surface area contributed by atoms with Crippen LogP contribution in [-0.4, -0.2) is 55.7 Å². The molecule has 2 aromatic rings. The lowest BCUT2D eigenvalue weighted by Crippen LogP contribution is -2.27. The van der Waals surface area contributed by atoms with E-state index in [-0.39, 0.29) is 12.4 Å². The SMILES string of the molecule is COc1ccc(/C=C/C(=O)OC(CO)COC(=O)/C=C/c2ccc(OC)c(O)c2)cc1. The summed E-state index contributed by atoms with van der Waals surface area (Å²) in [5, 5.41) is 19.1. The molecule has 1 unspecified atom stereocenters. The van der Waals surface area contributed by atoms with E-state index in [2.05, 4.69) is 0 Å². The van der Waals surface area contributed by atoms with Crippen LogP contribution >= 0.6 is 0 Å². The van der Waals surface area contributed by atoms with Crippen molar-refractivity contribution in [1.29, 1.82) is 0 Å². The van der Waals surface area contributed by atoms with E-state index in [0.717, 1.165) is 11.6 Å². The van der Waals surface area contributed by atoms with Crippen molar-refractivity contribution in [2.75, 3.05) is 27.4 Å². The molecule has 0 amide bonds. The zero-order valence-corrected chi connectivity index (χ0v) is 17.2. The van der Waals surface area contributed by atoms with Crippen molar-refractivity contribution >= 4 is 24.1 Å². The molecule has 0 aliphatic carbocycles. The standard InChI is InChI=1S/C23H24O8/c1-28-18-8-3-16(4-9-18)6-12-23(27)31-19(14-24)15-30-22(26)11-7-17-5-10-21(29-2)20(25)13-17/h3-13,19,24-25H,14-15H2,1-2H3/b11-7+,12-6+. The van der Waals surface area contributed by atoms with Crippen molar-refractivity contribution < 1.29 is 38.7 Å². The zero-order chi connectivity index (χ0) is 22.6. The first kappa shape index (κ1) is 23.5. The van der Waals surface area contributed by atoms with Gasteiger partial charge >= 0.3 is 11.9 Å². The number of hydrogen-bond acceptors (Lipinski definition) is 8. The summed E-state index contributed by atoms with van der Waals surface area (Å²) in [6.07, 6.45) is 4.35. The van der Waals surface area contributed by atoms with Gasteiger partial charge in [0.25, 0.3) is 0 Å². The van der Waals surface area contributed by atoms with Gasteiger partial charge in [-0.05, 0) is 47.5 Å². The van der Waals surface area contributed by atoms with Crippen LogP contribution in [0, 0.1) is 0 Å². The maximum atomic E-state index is 11.9. The van der Waals surface area contributed by atoms with Gasteiger partial charge in [-0.2, -0.15) is 0 Å². The van der Waals surface area contributed by atoms with Gasteiger partial charge in [0.2, 0.25) is 0 Å². The maximum Gasteiger partial charge on any atom is 0.331 e. The lowest BCUT2D eigenvalue weighted by molar-refractivity contribution is -0.154. The molecule has 8 heteroatoms. The first-order chi connectivity index (χ1) is 14.9. The van der Waals surface area contributed by atoms with Crippen molar-refractivity contribution in [1.82, 2.24) is 0 Å². The second-order valence-corrected chi connectivity index (χ2v) is 6.24. The predicted molar refractivity (Wildman–Crippen MR) is 114 cm³/mol. The molecule has 0 fully saturated rings.